The van der Waals surface area contributed by atoms with Crippen LogP contribution in [-0.4, -0.2) is 43.6 Å². The molecule has 9 nitrogen and oxygen atoms in total. The van der Waals surface area contributed by atoms with Gasteiger partial charge in [-0.15, -0.1) is 0 Å². The van der Waals surface area contributed by atoms with E-state index in [1.165, 1.54) is 4.90 Å². The first-order chi connectivity index (χ1) is 15.3. The van der Waals surface area contributed by atoms with Gasteiger partial charge in [0.05, 0.1) is 13.7 Å². The summed E-state index contributed by atoms with van der Waals surface area (Å²) in [7, 11) is 1.54. The summed E-state index contributed by atoms with van der Waals surface area (Å²) in [5.41, 5.74) is 7.12. The lowest BCUT2D eigenvalue weighted by Gasteiger charge is -2.31. The van der Waals surface area contributed by atoms with E-state index in [0.717, 1.165) is 0 Å². The Labute approximate surface area is 185 Å². The van der Waals surface area contributed by atoms with Crippen molar-refractivity contribution < 1.29 is 23.9 Å². The highest BCUT2D eigenvalue weighted by atomic mass is 16.5. The summed E-state index contributed by atoms with van der Waals surface area (Å²) in [6, 6.07) is 13.6. The minimum atomic E-state index is -1.12. The summed E-state index contributed by atoms with van der Waals surface area (Å²) in [5, 5.41) is 11.3. The van der Waals surface area contributed by atoms with E-state index < -0.39 is 23.4 Å². The molecule has 1 heterocycles. The molecule has 1 aliphatic rings. The van der Waals surface area contributed by atoms with Crippen LogP contribution in [0.1, 0.15) is 13.3 Å². The van der Waals surface area contributed by atoms with Gasteiger partial charge < -0.3 is 25.4 Å². The molecule has 3 rings (SSSR count). The Morgan fingerprint density at radius 2 is 1.78 bits per heavy atom. The smallest absolute Gasteiger partial charge is 0.381 e. The van der Waals surface area contributed by atoms with Gasteiger partial charge in [-0.25, -0.2) is 4.79 Å². The molecule has 2 aromatic rings. The highest BCUT2D eigenvalue weighted by molar-refractivity contribution is 6.66. The van der Waals surface area contributed by atoms with Gasteiger partial charge >= 0.3 is 5.97 Å². The van der Waals surface area contributed by atoms with E-state index in [-0.39, 0.29) is 30.8 Å². The molecule has 0 saturated carbocycles. The van der Waals surface area contributed by atoms with Gasteiger partial charge in [-0.2, -0.15) is 0 Å². The molecule has 0 fully saturated rings. The maximum Gasteiger partial charge on any atom is 0.381 e. The number of amides is 1. The van der Waals surface area contributed by atoms with E-state index in [1.54, 1.807) is 62.6 Å². The van der Waals surface area contributed by atoms with Crippen molar-refractivity contribution in [2.45, 2.75) is 13.3 Å². The van der Waals surface area contributed by atoms with Crippen LogP contribution in [0.5, 0.6) is 5.75 Å². The van der Waals surface area contributed by atoms with E-state index in [2.05, 4.69) is 5.32 Å². The summed E-state index contributed by atoms with van der Waals surface area (Å²) >= 11 is 0. The second kappa shape index (κ2) is 9.78. The van der Waals surface area contributed by atoms with Crippen LogP contribution >= 0.6 is 0 Å². The summed E-state index contributed by atoms with van der Waals surface area (Å²) in [4.78, 5) is 39.2. The largest absolute Gasteiger partial charge is 0.497 e. The molecule has 0 spiro atoms. The molecule has 4 N–H and O–H groups in total. The topological polar surface area (TPSA) is 135 Å². The predicted molar refractivity (Wildman–Crippen MR) is 121 cm³/mol. The number of nitrogens with one attached hydrogen (secondary N) is 2. The molecule has 166 valence electrons. The van der Waals surface area contributed by atoms with Crippen molar-refractivity contribution in [3.63, 3.8) is 0 Å². The van der Waals surface area contributed by atoms with Crippen molar-refractivity contribution in [2.24, 2.45) is 0 Å². The average molecular weight is 436 g/mol. The van der Waals surface area contributed by atoms with Crippen LogP contribution in [0.4, 0.5) is 17.1 Å². The predicted octanol–water partition coefficient (Wildman–Crippen LogP) is 2.53. The summed E-state index contributed by atoms with van der Waals surface area (Å²) in [6.07, 6.45) is 0.193. The molecule has 0 radical (unpaired) electrons. The monoisotopic (exact) mass is 436 g/mol. The van der Waals surface area contributed by atoms with E-state index in [4.69, 9.17) is 20.6 Å². The van der Waals surface area contributed by atoms with Crippen molar-refractivity contribution in [1.82, 2.24) is 0 Å². The zero-order chi connectivity index (χ0) is 23.3. The molecule has 0 atom stereocenters. The van der Waals surface area contributed by atoms with E-state index in [9.17, 15) is 14.4 Å². The number of rotatable bonds is 8. The summed E-state index contributed by atoms with van der Waals surface area (Å²) < 4.78 is 9.88. The molecule has 0 bridgehead atoms. The Hall–Kier alpha value is -4.14. The van der Waals surface area contributed by atoms with E-state index in [1.807, 2.05) is 0 Å². The Balaban J connectivity index is 1.99. The lowest BCUT2D eigenvalue weighted by molar-refractivity contribution is -0.150. The Bertz CT molecular complexity index is 1070. The van der Waals surface area contributed by atoms with Gasteiger partial charge in [-0.1, -0.05) is 0 Å². The molecular weight excluding hydrogens is 412 g/mol. The number of Topliss-reactive ketones (excluding diaryl/α,β-unsaturated/α-hetero) is 1. The third-order valence-corrected chi connectivity index (χ3v) is 4.90. The molecule has 2 aromatic carbocycles. The highest BCUT2D eigenvalue weighted by Crippen LogP contribution is 2.28. The minimum absolute atomic E-state index is 0.0116. The lowest BCUT2D eigenvalue weighted by Crippen LogP contribution is -2.42. The second-order valence-electron chi connectivity index (χ2n) is 6.93. The number of esters is 1. The molecule has 0 aliphatic carbocycles. The summed E-state index contributed by atoms with van der Waals surface area (Å²) in [6.45, 7) is 1.81. The molecule has 1 amide bonds. The molecule has 9 heteroatoms. The SMILES string of the molecule is CCOC(=O)C(=O)C(=N)C1=C(Nc2ccc(OC)cc2)C(=O)N(c2ccc(N)cc2)CC1. The molecule has 0 unspecified atom stereocenters. The first kappa shape index (κ1) is 22.5. The standard InChI is InChI=1S/C23H24N4O5/c1-3-32-23(30)21(28)19(25)18-12-13-27(16-8-4-14(24)5-9-16)22(29)20(18)26-15-6-10-17(31-2)11-7-15/h4-11,25-26H,3,12-13,24H2,1-2H3. The number of hydrogen-bond donors (Lipinski definition) is 3. The van der Waals surface area contributed by atoms with Crippen molar-refractivity contribution in [3.05, 3.63) is 59.8 Å². The first-order valence-corrected chi connectivity index (χ1v) is 9.97. The Morgan fingerprint density at radius 1 is 1.12 bits per heavy atom. The van der Waals surface area contributed by atoms with Crippen LogP contribution in [0.25, 0.3) is 0 Å². The number of nitrogens with two attached hydrogens (primary N) is 1. The van der Waals surface area contributed by atoms with Crippen molar-refractivity contribution in [2.75, 3.05) is 36.2 Å². The quantitative estimate of drug-likeness (QED) is 0.250. The number of hydrogen-bond acceptors (Lipinski definition) is 8. The normalized spacial score (nSPS) is 13.6. The number of carbonyl (C=O) groups excluding carboxylic acids is 3. The molecular formula is C23H24N4O5. The van der Waals surface area contributed by atoms with Crippen LogP contribution < -0.4 is 20.7 Å². The molecule has 0 aromatic heterocycles. The van der Waals surface area contributed by atoms with Gasteiger partial charge in [0, 0.05) is 29.2 Å². The fraction of sp³-hybridized carbons (Fsp3) is 0.217. The van der Waals surface area contributed by atoms with Crippen LogP contribution in [0.15, 0.2) is 59.8 Å². The second-order valence-corrected chi connectivity index (χ2v) is 6.93. The van der Waals surface area contributed by atoms with Crippen molar-refractivity contribution >= 4 is 40.4 Å². The zero-order valence-corrected chi connectivity index (χ0v) is 17.8. The fourth-order valence-corrected chi connectivity index (χ4v) is 3.25. The van der Waals surface area contributed by atoms with Crippen molar-refractivity contribution in [1.29, 1.82) is 5.41 Å². The number of ether oxygens (including phenoxy) is 2. The average Bonchev–Trinajstić information content (AvgIpc) is 2.80. The zero-order valence-electron chi connectivity index (χ0n) is 17.8. The van der Waals surface area contributed by atoms with Gasteiger partial charge in [-0.05, 0) is 61.9 Å². The Morgan fingerprint density at radius 3 is 2.38 bits per heavy atom. The molecule has 32 heavy (non-hydrogen) atoms. The number of nitrogens with zero attached hydrogens (tertiary/aromatic N) is 1. The number of nitrogen functional groups attached to an aromatic ring is 1. The first-order valence-electron chi connectivity index (χ1n) is 9.97. The molecule has 0 saturated heterocycles. The number of anilines is 3. The third-order valence-electron chi connectivity index (χ3n) is 4.90. The number of benzene rings is 2. The Kier molecular flexibility index (Phi) is 6.89. The van der Waals surface area contributed by atoms with Gasteiger partial charge in [0.2, 0.25) is 0 Å². The lowest BCUT2D eigenvalue weighted by atomic mass is 9.96. The third kappa shape index (κ3) is 4.77. The number of ketones is 1. The minimum Gasteiger partial charge on any atom is -0.497 e. The summed E-state index contributed by atoms with van der Waals surface area (Å²) in [5.74, 6) is -2.02. The van der Waals surface area contributed by atoms with Gasteiger partial charge in [0.25, 0.3) is 11.7 Å². The maximum absolute atomic E-state index is 13.4. The van der Waals surface area contributed by atoms with Crippen LogP contribution in [0, 0.1) is 5.41 Å². The van der Waals surface area contributed by atoms with Crippen LogP contribution in [0.3, 0.4) is 0 Å². The van der Waals surface area contributed by atoms with Crippen LogP contribution in [-0.2, 0) is 19.1 Å². The fourth-order valence-electron chi connectivity index (χ4n) is 3.25. The molecule has 1 aliphatic heterocycles. The van der Waals surface area contributed by atoms with Crippen LogP contribution in [0.2, 0.25) is 0 Å². The van der Waals surface area contributed by atoms with Gasteiger partial charge in [0.15, 0.2) is 0 Å². The van der Waals surface area contributed by atoms with E-state index >= 15 is 0 Å². The van der Waals surface area contributed by atoms with Gasteiger partial charge in [0.1, 0.15) is 17.2 Å². The highest BCUT2D eigenvalue weighted by Gasteiger charge is 2.34. The number of methoxy groups -OCH3 is 1. The number of carbonyl (C=O) groups is 3. The van der Waals surface area contributed by atoms with E-state index in [0.29, 0.717) is 22.8 Å². The van der Waals surface area contributed by atoms with Gasteiger partial charge in [-0.3, -0.25) is 15.0 Å². The van der Waals surface area contributed by atoms with Crippen molar-refractivity contribution in [3.8, 4) is 5.75 Å². The maximum atomic E-state index is 13.4.